The summed E-state index contributed by atoms with van der Waals surface area (Å²) in [5, 5.41) is 13.6. The quantitative estimate of drug-likeness (QED) is 0.894. The molecule has 1 fully saturated rings. The van der Waals surface area contributed by atoms with Crippen LogP contribution in [-0.2, 0) is 0 Å². The van der Waals surface area contributed by atoms with Gasteiger partial charge in [0.05, 0.1) is 5.56 Å². The Kier molecular flexibility index (Phi) is 4.75. The van der Waals surface area contributed by atoms with Crippen molar-refractivity contribution in [1.29, 1.82) is 0 Å². The van der Waals surface area contributed by atoms with E-state index in [4.69, 9.17) is 0 Å². The molecule has 1 aliphatic rings. The topological polar surface area (TPSA) is 49.3 Å². The Hall–Kier alpha value is -1.16. The molecule has 0 spiro atoms. The van der Waals surface area contributed by atoms with Gasteiger partial charge in [-0.05, 0) is 56.6 Å². The number of rotatable bonds is 3. The number of nitrogens with one attached hydrogen (secondary N) is 1. The molecule has 0 heterocycles. The Labute approximate surface area is 118 Å². The fourth-order valence-corrected chi connectivity index (χ4v) is 3.28. The number of benzene rings is 1. The van der Waals surface area contributed by atoms with Gasteiger partial charge in [0.15, 0.2) is 0 Å². The van der Waals surface area contributed by atoms with E-state index < -0.39 is 0 Å². The number of phenols is 1. The molecule has 2 rings (SSSR count). The molecule has 3 nitrogen and oxygen atoms in total. The molecule has 0 radical (unpaired) electrons. The molecule has 19 heavy (non-hydrogen) atoms. The van der Waals surface area contributed by atoms with Crippen molar-refractivity contribution in [2.45, 2.75) is 43.9 Å². The molecule has 0 atom stereocenters. The fraction of sp³-hybridized carbons (Fsp3) is 0.533. The third kappa shape index (κ3) is 3.66. The second kappa shape index (κ2) is 6.33. The highest BCUT2D eigenvalue weighted by Crippen LogP contribution is 2.27. The molecular formula is C15H21NO2S. The summed E-state index contributed by atoms with van der Waals surface area (Å²) < 4.78 is 0. The van der Waals surface area contributed by atoms with Gasteiger partial charge in [0.1, 0.15) is 5.75 Å². The summed E-state index contributed by atoms with van der Waals surface area (Å²) >= 11 is 1.91. The van der Waals surface area contributed by atoms with E-state index in [-0.39, 0.29) is 17.7 Å². The average molecular weight is 279 g/mol. The van der Waals surface area contributed by atoms with Gasteiger partial charge >= 0.3 is 0 Å². The summed E-state index contributed by atoms with van der Waals surface area (Å²) in [5.41, 5.74) is 1.33. The van der Waals surface area contributed by atoms with Gasteiger partial charge in [-0.3, -0.25) is 4.79 Å². The minimum Gasteiger partial charge on any atom is -0.507 e. The van der Waals surface area contributed by atoms with Crippen LogP contribution in [0.3, 0.4) is 0 Å². The van der Waals surface area contributed by atoms with Gasteiger partial charge in [-0.25, -0.2) is 0 Å². The van der Waals surface area contributed by atoms with Gasteiger partial charge in [0.25, 0.3) is 5.91 Å². The van der Waals surface area contributed by atoms with Gasteiger partial charge in [0, 0.05) is 11.3 Å². The van der Waals surface area contributed by atoms with Gasteiger partial charge in [-0.1, -0.05) is 6.07 Å². The number of hydrogen-bond donors (Lipinski definition) is 2. The first-order chi connectivity index (χ1) is 9.10. The van der Waals surface area contributed by atoms with Crippen LogP contribution >= 0.6 is 11.8 Å². The van der Waals surface area contributed by atoms with Crippen LogP contribution in [0.25, 0.3) is 0 Å². The fourth-order valence-electron chi connectivity index (χ4n) is 2.54. The third-order valence-electron chi connectivity index (χ3n) is 3.74. The van der Waals surface area contributed by atoms with E-state index in [0.717, 1.165) is 36.5 Å². The Morgan fingerprint density at radius 1 is 1.32 bits per heavy atom. The van der Waals surface area contributed by atoms with E-state index in [0.29, 0.717) is 5.56 Å². The second-order valence-corrected chi connectivity index (χ2v) is 6.34. The molecule has 0 aromatic heterocycles. The lowest BCUT2D eigenvalue weighted by Crippen LogP contribution is -2.38. The molecule has 2 N–H and O–H groups in total. The maximum Gasteiger partial charge on any atom is 0.255 e. The predicted molar refractivity (Wildman–Crippen MR) is 79.9 cm³/mol. The number of aromatic hydroxyl groups is 1. The Morgan fingerprint density at radius 3 is 2.58 bits per heavy atom. The van der Waals surface area contributed by atoms with Crippen molar-refractivity contribution in [3.05, 3.63) is 29.3 Å². The molecule has 104 valence electrons. The number of phenolic OH excluding ortho intramolecular Hbond substituents is 1. The molecule has 1 aliphatic carbocycles. The number of carbonyl (C=O) groups is 1. The predicted octanol–water partition coefficient (Wildman–Crippen LogP) is 3.10. The van der Waals surface area contributed by atoms with Crippen molar-refractivity contribution in [2.75, 3.05) is 6.26 Å². The van der Waals surface area contributed by atoms with E-state index >= 15 is 0 Å². The van der Waals surface area contributed by atoms with Gasteiger partial charge in [-0.15, -0.1) is 0 Å². The zero-order valence-corrected chi connectivity index (χ0v) is 12.3. The van der Waals surface area contributed by atoms with E-state index in [1.807, 2.05) is 24.8 Å². The summed E-state index contributed by atoms with van der Waals surface area (Å²) in [7, 11) is 0. The first-order valence-corrected chi connectivity index (χ1v) is 8.02. The van der Waals surface area contributed by atoms with Crippen molar-refractivity contribution in [2.24, 2.45) is 0 Å². The first kappa shape index (κ1) is 14.3. The number of aryl methyl sites for hydroxylation is 1. The van der Waals surface area contributed by atoms with Crippen LogP contribution in [0.2, 0.25) is 0 Å². The second-order valence-electron chi connectivity index (χ2n) is 5.20. The molecule has 0 aliphatic heterocycles. The van der Waals surface area contributed by atoms with Gasteiger partial charge in [-0.2, -0.15) is 11.8 Å². The van der Waals surface area contributed by atoms with Crippen molar-refractivity contribution >= 4 is 17.7 Å². The summed E-state index contributed by atoms with van der Waals surface area (Å²) in [6.45, 7) is 1.89. The highest BCUT2D eigenvalue weighted by molar-refractivity contribution is 7.99. The number of thioether (sulfide) groups is 1. The minimum atomic E-state index is -0.162. The van der Waals surface area contributed by atoms with Crippen LogP contribution in [0.1, 0.15) is 41.6 Å². The lowest BCUT2D eigenvalue weighted by atomic mass is 9.94. The molecule has 1 saturated carbocycles. The standard InChI is InChI=1S/C15H21NO2S/c1-10-3-8-13(14(17)9-10)15(18)16-11-4-6-12(19-2)7-5-11/h3,8-9,11-12,17H,4-7H2,1-2H3,(H,16,18). The van der Waals surface area contributed by atoms with E-state index in [1.165, 1.54) is 0 Å². The third-order valence-corrected chi connectivity index (χ3v) is 4.88. The zero-order chi connectivity index (χ0) is 13.8. The smallest absolute Gasteiger partial charge is 0.255 e. The highest BCUT2D eigenvalue weighted by atomic mass is 32.2. The van der Waals surface area contributed by atoms with Crippen molar-refractivity contribution in [1.82, 2.24) is 5.32 Å². The molecule has 1 aromatic carbocycles. The SMILES string of the molecule is CSC1CCC(NC(=O)c2ccc(C)cc2O)CC1. The first-order valence-electron chi connectivity index (χ1n) is 6.73. The summed E-state index contributed by atoms with van der Waals surface area (Å²) in [5.74, 6) is -0.0969. The van der Waals surface area contributed by atoms with Gasteiger partial charge < -0.3 is 10.4 Å². The van der Waals surface area contributed by atoms with Gasteiger partial charge in [0.2, 0.25) is 0 Å². The van der Waals surface area contributed by atoms with Crippen LogP contribution in [0.4, 0.5) is 0 Å². The highest BCUT2D eigenvalue weighted by Gasteiger charge is 2.22. The largest absolute Gasteiger partial charge is 0.507 e. The molecule has 0 unspecified atom stereocenters. The zero-order valence-electron chi connectivity index (χ0n) is 11.5. The lowest BCUT2D eigenvalue weighted by molar-refractivity contribution is 0.0925. The Balaban J connectivity index is 1.94. The molecule has 1 amide bonds. The lowest BCUT2D eigenvalue weighted by Gasteiger charge is -2.28. The van der Waals surface area contributed by atoms with Crippen LogP contribution in [0.5, 0.6) is 5.75 Å². The molecule has 1 aromatic rings. The van der Waals surface area contributed by atoms with E-state index in [2.05, 4.69) is 11.6 Å². The van der Waals surface area contributed by atoms with Crippen molar-refractivity contribution in [3.8, 4) is 5.75 Å². The van der Waals surface area contributed by atoms with Crippen LogP contribution < -0.4 is 5.32 Å². The van der Waals surface area contributed by atoms with Crippen molar-refractivity contribution < 1.29 is 9.90 Å². The number of hydrogen-bond acceptors (Lipinski definition) is 3. The maximum atomic E-state index is 12.1. The van der Waals surface area contributed by atoms with Crippen molar-refractivity contribution in [3.63, 3.8) is 0 Å². The average Bonchev–Trinajstić information content (AvgIpc) is 2.39. The molecular weight excluding hydrogens is 258 g/mol. The summed E-state index contributed by atoms with van der Waals surface area (Å²) in [6.07, 6.45) is 6.53. The van der Waals surface area contributed by atoms with Crippen LogP contribution in [-0.4, -0.2) is 28.6 Å². The Bertz CT molecular complexity index is 453. The summed E-state index contributed by atoms with van der Waals surface area (Å²) in [6, 6.07) is 5.41. The van der Waals surface area contributed by atoms with E-state index in [9.17, 15) is 9.90 Å². The van der Waals surface area contributed by atoms with Crippen LogP contribution in [0, 0.1) is 6.92 Å². The molecule has 0 saturated heterocycles. The maximum absolute atomic E-state index is 12.1. The van der Waals surface area contributed by atoms with Crippen LogP contribution in [0.15, 0.2) is 18.2 Å². The molecule has 4 heteroatoms. The monoisotopic (exact) mass is 279 g/mol. The number of carbonyl (C=O) groups excluding carboxylic acids is 1. The summed E-state index contributed by atoms with van der Waals surface area (Å²) in [4.78, 5) is 12.1. The molecule has 0 bridgehead atoms. The normalized spacial score (nSPS) is 23.1. The number of amides is 1. The minimum absolute atomic E-state index is 0.0651. The van der Waals surface area contributed by atoms with E-state index in [1.54, 1.807) is 12.1 Å². The Morgan fingerprint density at radius 2 is 2.00 bits per heavy atom.